The average Bonchev–Trinajstić information content (AvgIpc) is 3.70. The molecule has 4 aliphatic heterocycles. The zero-order valence-corrected chi connectivity index (χ0v) is 29.9. The fraction of sp³-hybridized carbons (Fsp3) is 0.538. The van der Waals surface area contributed by atoms with Crippen LogP contribution < -0.4 is 14.5 Å². The fourth-order valence-electron chi connectivity index (χ4n) is 9.51. The molecule has 280 valence electrons. The highest BCUT2D eigenvalue weighted by molar-refractivity contribution is 6.06. The lowest BCUT2D eigenvalue weighted by Crippen LogP contribution is -2.68. The van der Waals surface area contributed by atoms with E-state index in [9.17, 15) is 22.4 Å². The van der Waals surface area contributed by atoms with Crippen LogP contribution in [-0.4, -0.2) is 113 Å². The van der Waals surface area contributed by atoms with Crippen molar-refractivity contribution in [2.45, 2.75) is 63.1 Å². The van der Waals surface area contributed by atoms with E-state index in [0.717, 1.165) is 72.7 Å². The van der Waals surface area contributed by atoms with Crippen molar-refractivity contribution in [1.29, 1.82) is 0 Å². The van der Waals surface area contributed by atoms with E-state index in [1.54, 1.807) is 6.20 Å². The number of benzene rings is 2. The molecule has 1 amide bonds. The lowest BCUT2D eigenvalue weighted by Gasteiger charge is -2.54. The van der Waals surface area contributed by atoms with Crippen LogP contribution in [0.15, 0.2) is 37.1 Å². The van der Waals surface area contributed by atoms with Crippen LogP contribution >= 0.6 is 0 Å². The smallest absolute Gasteiger partial charge is 0.422 e. The third-order valence-corrected chi connectivity index (χ3v) is 12.4. The number of rotatable bonds is 9. The Bertz CT molecular complexity index is 2090. The molecule has 4 saturated heterocycles. The Hall–Kier alpha value is -4.46. The molecule has 5 fully saturated rings. The SMILES string of the molecule is C=CC(=O)N1CC2(CCN(c3nc(N4CC5(CCCN5CCF)C4)nc4c(OCC(F)(F)F)c(-c5c(C)ccc6[nH]ncc56)c(C5CC5)cc34)CC2)C1. The number of alkyl halides is 4. The monoisotopic (exact) mass is 732 g/mol. The maximum absolute atomic E-state index is 14.1. The van der Waals surface area contributed by atoms with Crippen molar-refractivity contribution in [3.8, 4) is 16.9 Å². The molecule has 9 rings (SSSR count). The molecule has 0 atom stereocenters. The molecule has 2 aromatic carbocycles. The summed E-state index contributed by atoms with van der Waals surface area (Å²) in [5.74, 6) is 1.35. The topological polar surface area (TPSA) is 93.7 Å². The number of hydrogen-bond donors (Lipinski definition) is 1. The maximum Gasteiger partial charge on any atom is 0.422 e. The van der Waals surface area contributed by atoms with Gasteiger partial charge in [-0.25, -0.2) is 9.37 Å². The third-order valence-electron chi connectivity index (χ3n) is 12.4. The first-order chi connectivity index (χ1) is 25.5. The molecule has 0 radical (unpaired) electrons. The van der Waals surface area contributed by atoms with Gasteiger partial charge in [-0.15, -0.1) is 0 Å². The quantitative estimate of drug-likeness (QED) is 0.153. The summed E-state index contributed by atoms with van der Waals surface area (Å²) in [5.41, 5.74) is 4.26. The van der Waals surface area contributed by atoms with Crippen LogP contribution in [0.2, 0.25) is 0 Å². The van der Waals surface area contributed by atoms with E-state index in [1.807, 2.05) is 24.0 Å². The van der Waals surface area contributed by atoms with E-state index in [2.05, 4.69) is 37.5 Å². The van der Waals surface area contributed by atoms with Gasteiger partial charge in [0.25, 0.3) is 0 Å². The predicted octanol–water partition coefficient (Wildman–Crippen LogP) is 6.54. The number of nitrogens with zero attached hydrogens (tertiary/aromatic N) is 7. The minimum Gasteiger partial charge on any atom is -0.481 e. The van der Waals surface area contributed by atoms with Gasteiger partial charge in [0.15, 0.2) is 12.4 Å². The molecule has 10 nitrogen and oxygen atoms in total. The molecule has 6 heterocycles. The lowest BCUT2D eigenvalue weighted by molar-refractivity contribution is -0.153. The first-order valence-corrected chi connectivity index (χ1v) is 18.7. The van der Waals surface area contributed by atoms with Crippen molar-refractivity contribution < 1.29 is 27.1 Å². The zero-order chi connectivity index (χ0) is 36.7. The van der Waals surface area contributed by atoms with Gasteiger partial charge in [-0.3, -0.25) is 14.8 Å². The molecule has 4 aromatic rings. The fourth-order valence-corrected chi connectivity index (χ4v) is 9.51. The van der Waals surface area contributed by atoms with Crippen molar-refractivity contribution in [1.82, 2.24) is 30.0 Å². The number of aryl methyl sites for hydroxylation is 1. The van der Waals surface area contributed by atoms with Crippen LogP contribution in [-0.2, 0) is 4.79 Å². The minimum atomic E-state index is -4.58. The summed E-state index contributed by atoms with van der Waals surface area (Å²) in [6.07, 6.45) is 3.99. The van der Waals surface area contributed by atoms with Gasteiger partial charge in [0.2, 0.25) is 11.9 Å². The number of carbonyl (C=O) groups is 1. The molecule has 14 heteroatoms. The Morgan fingerprint density at radius 3 is 2.51 bits per heavy atom. The molecule has 0 bridgehead atoms. The van der Waals surface area contributed by atoms with Crippen LogP contribution in [0.5, 0.6) is 5.75 Å². The molecule has 1 aliphatic carbocycles. The van der Waals surface area contributed by atoms with Gasteiger partial charge in [-0.2, -0.15) is 23.3 Å². The molecular weight excluding hydrogens is 688 g/mol. The maximum atomic E-state index is 14.1. The van der Waals surface area contributed by atoms with Crippen molar-refractivity contribution in [2.24, 2.45) is 5.41 Å². The van der Waals surface area contributed by atoms with Crippen LogP contribution in [0.3, 0.4) is 0 Å². The van der Waals surface area contributed by atoms with Gasteiger partial charge in [0, 0.05) is 67.6 Å². The molecule has 2 aromatic heterocycles. The number of nitrogens with one attached hydrogen (secondary N) is 1. The van der Waals surface area contributed by atoms with Crippen molar-refractivity contribution in [3.63, 3.8) is 0 Å². The number of aromatic amines is 1. The summed E-state index contributed by atoms with van der Waals surface area (Å²) in [6.45, 7) is 8.93. The second-order valence-electron chi connectivity index (χ2n) is 15.9. The largest absolute Gasteiger partial charge is 0.481 e. The molecule has 2 spiro atoms. The van der Waals surface area contributed by atoms with E-state index in [1.165, 1.54) is 6.08 Å². The number of carbonyl (C=O) groups excluding carboxylic acids is 1. The lowest BCUT2D eigenvalue weighted by atomic mass is 9.72. The Morgan fingerprint density at radius 1 is 1.04 bits per heavy atom. The number of likely N-dealkylation sites (tertiary alicyclic amines) is 2. The molecule has 1 N–H and O–H groups in total. The van der Waals surface area contributed by atoms with Gasteiger partial charge >= 0.3 is 6.18 Å². The average molecular weight is 733 g/mol. The second-order valence-corrected chi connectivity index (χ2v) is 15.9. The molecule has 5 aliphatic rings. The van der Waals surface area contributed by atoms with Gasteiger partial charge in [-0.05, 0) is 92.8 Å². The van der Waals surface area contributed by atoms with Crippen molar-refractivity contribution >= 4 is 39.5 Å². The second kappa shape index (κ2) is 12.6. The number of H-pyrrole nitrogens is 1. The van der Waals surface area contributed by atoms with E-state index in [-0.39, 0.29) is 28.5 Å². The summed E-state index contributed by atoms with van der Waals surface area (Å²) in [4.78, 5) is 31.0. The number of halogens is 4. The van der Waals surface area contributed by atoms with Crippen LogP contribution in [0.25, 0.3) is 32.9 Å². The molecular formula is C39H44F4N8O2. The first kappa shape index (κ1) is 34.3. The van der Waals surface area contributed by atoms with Crippen LogP contribution in [0, 0.1) is 12.3 Å². The van der Waals surface area contributed by atoms with Gasteiger partial charge < -0.3 is 19.4 Å². The van der Waals surface area contributed by atoms with Crippen molar-refractivity contribution in [2.75, 3.05) is 75.4 Å². The Labute approximate surface area is 305 Å². The number of aromatic nitrogens is 4. The number of anilines is 2. The number of fused-ring (bicyclic) bond motifs is 2. The zero-order valence-electron chi connectivity index (χ0n) is 29.9. The summed E-state index contributed by atoms with van der Waals surface area (Å²) < 4.78 is 61.8. The normalized spacial score (nSPS) is 21.1. The highest BCUT2D eigenvalue weighted by atomic mass is 19.4. The van der Waals surface area contributed by atoms with E-state index < -0.39 is 19.5 Å². The highest BCUT2D eigenvalue weighted by Gasteiger charge is 2.51. The third kappa shape index (κ3) is 5.88. The number of amides is 1. The van der Waals surface area contributed by atoms with Gasteiger partial charge in [0.05, 0.1) is 17.3 Å². The number of piperidine rings is 1. The van der Waals surface area contributed by atoms with Gasteiger partial charge in [0.1, 0.15) is 18.0 Å². The summed E-state index contributed by atoms with van der Waals surface area (Å²) >= 11 is 0. The summed E-state index contributed by atoms with van der Waals surface area (Å²) in [6, 6.07) is 6.00. The molecule has 0 unspecified atom stereocenters. The number of hydrogen-bond acceptors (Lipinski definition) is 8. The van der Waals surface area contributed by atoms with Crippen LogP contribution in [0.4, 0.5) is 29.3 Å². The summed E-state index contributed by atoms with van der Waals surface area (Å²) in [5, 5.41) is 8.80. The molecule has 53 heavy (non-hydrogen) atoms. The first-order valence-electron chi connectivity index (χ1n) is 18.7. The van der Waals surface area contributed by atoms with Crippen molar-refractivity contribution in [3.05, 3.63) is 48.2 Å². The number of ether oxygens (including phenoxy) is 1. The predicted molar refractivity (Wildman–Crippen MR) is 195 cm³/mol. The van der Waals surface area contributed by atoms with E-state index in [0.29, 0.717) is 74.0 Å². The Balaban J connectivity index is 1.20. The summed E-state index contributed by atoms with van der Waals surface area (Å²) in [7, 11) is 0. The highest BCUT2D eigenvalue weighted by Crippen LogP contribution is 2.54. The van der Waals surface area contributed by atoms with Gasteiger partial charge in [-0.1, -0.05) is 12.6 Å². The Kier molecular flexibility index (Phi) is 8.13. The van der Waals surface area contributed by atoms with E-state index in [4.69, 9.17) is 14.7 Å². The van der Waals surface area contributed by atoms with Crippen LogP contribution in [0.1, 0.15) is 55.6 Å². The Morgan fingerprint density at radius 2 is 1.81 bits per heavy atom. The molecule has 1 saturated carbocycles. The van der Waals surface area contributed by atoms with E-state index >= 15 is 0 Å². The standard InChI is InChI=1S/C39H44F4N8O2/c1-3-30(52)49-19-37(20-49)10-14-48(15-11-37)35-27-17-26(25-6-7-25)32(31-24(2)5-8-29-28(31)18-44-47-29)34(53-23-39(41,42)43)33(27)45-36(46-35)50-21-38(22-50)9-4-13-51(38)16-12-40/h3,5,8,17-18,25H,1,4,6-7,9-16,19-23H2,2H3,(H,44,47). The minimum absolute atomic E-state index is 0.0289.